The molecule has 8 heteroatoms. The van der Waals surface area contributed by atoms with E-state index in [1.165, 1.54) is 24.0 Å². The van der Waals surface area contributed by atoms with Crippen LogP contribution < -0.4 is 20.2 Å². The van der Waals surface area contributed by atoms with Crippen molar-refractivity contribution in [2.45, 2.75) is 62.5 Å². The fraction of sp³-hybridized carbons (Fsp3) is 0.615. The predicted molar refractivity (Wildman–Crippen MR) is 127 cm³/mol. The number of ether oxygens (including phenoxy) is 2. The van der Waals surface area contributed by atoms with E-state index in [0.29, 0.717) is 17.7 Å². The first-order valence-corrected chi connectivity index (χ1v) is 12.8. The number of likely N-dealkylation sites (N-methyl/N-ethyl adjacent to an activating group) is 1. The van der Waals surface area contributed by atoms with E-state index in [2.05, 4.69) is 40.9 Å². The Morgan fingerprint density at radius 3 is 2.82 bits per heavy atom. The summed E-state index contributed by atoms with van der Waals surface area (Å²) in [7, 11) is 2.22. The summed E-state index contributed by atoms with van der Waals surface area (Å²) in [6.45, 7) is 2.62. The molecule has 4 atom stereocenters. The summed E-state index contributed by atoms with van der Waals surface area (Å²) < 4.78 is 12.2. The molecule has 2 amide bonds. The SMILES string of the molecule is CN1CC[C@]23c4c5ccc(OC(=O)NCC(=O)NN6CCCCCC6)c4O[C@H]2CC=CC3C1C5. The number of nitrogens with one attached hydrogen (secondary N) is 2. The van der Waals surface area contributed by atoms with Gasteiger partial charge in [-0.2, -0.15) is 0 Å². The first kappa shape index (κ1) is 21.9. The standard InChI is InChI=1S/C26H34N4O4/c1-29-14-11-26-18-7-6-8-21(26)34-24-20(10-9-17(23(24)26)15-19(18)29)33-25(32)27-16-22(31)28-30-12-4-2-3-5-13-30/h6-7,9-10,18-19,21H,2-5,8,11-16H2,1H3,(H,27,32)(H,28,31)/t18?,19?,21-,26+/m0/s1. The average Bonchev–Trinajstić information content (AvgIpc) is 2.97. The van der Waals surface area contributed by atoms with Crippen molar-refractivity contribution in [2.75, 3.05) is 33.2 Å². The molecule has 2 aliphatic carbocycles. The second kappa shape index (κ2) is 8.57. The maximum Gasteiger partial charge on any atom is 0.413 e. The number of amides is 2. The zero-order valence-corrected chi connectivity index (χ0v) is 19.8. The van der Waals surface area contributed by atoms with Gasteiger partial charge in [-0.05, 0) is 50.9 Å². The van der Waals surface area contributed by atoms with Crippen molar-refractivity contribution in [3.63, 3.8) is 0 Å². The maximum atomic E-state index is 12.6. The van der Waals surface area contributed by atoms with Crippen LogP contribution in [0.4, 0.5) is 4.79 Å². The largest absolute Gasteiger partial charge is 0.485 e. The zero-order valence-electron chi connectivity index (χ0n) is 19.8. The van der Waals surface area contributed by atoms with E-state index < -0.39 is 6.09 Å². The average molecular weight is 467 g/mol. The van der Waals surface area contributed by atoms with Crippen molar-refractivity contribution in [2.24, 2.45) is 5.92 Å². The number of carbonyl (C=O) groups is 2. The molecule has 3 heterocycles. The fourth-order valence-electron chi connectivity index (χ4n) is 6.97. The number of likely N-dealkylation sites (tertiary alicyclic amines) is 1. The summed E-state index contributed by atoms with van der Waals surface area (Å²) >= 11 is 0. The van der Waals surface area contributed by atoms with Crippen LogP contribution in [0.25, 0.3) is 0 Å². The monoisotopic (exact) mass is 466 g/mol. The Labute approximate surface area is 200 Å². The van der Waals surface area contributed by atoms with Gasteiger partial charge < -0.3 is 19.7 Å². The number of hydrogen-bond donors (Lipinski definition) is 2. The Kier molecular flexibility index (Phi) is 5.53. The molecule has 34 heavy (non-hydrogen) atoms. The summed E-state index contributed by atoms with van der Waals surface area (Å²) in [5.74, 6) is 1.36. The Hall–Kier alpha value is -2.58. The minimum absolute atomic E-state index is 0.0300. The van der Waals surface area contributed by atoms with Crippen molar-refractivity contribution in [1.29, 1.82) is 0 Å². The first-order valence-electron chi connectivity index (χ1n) is 12.8. The quantitative estimate of drug-likeness (QED) is 0.664. The molecule has 2 bridgehead atoms. The van der Waals surface area contributed by atoms with E-state index in [1.54, 1.807) is 0 Å². The highest BCUT2D eigenvalue weighted by Gasteiger charge is 2.62. The van der Waals surface area contributed by atoms with E-state index in [9.17, 15) is 9.59 Å². The number of rotatable bonds is 4. The highest BCUT2D eigenvalue weighted by molar-refractivity contribution is 5.82. The number of carbonyl (C=O) groups excluding carboxylic acids is 2. The molecule has 2 unspecified atom stereocenters. The summed E-state index contributed by atoms with van der Waals surface area (Å²) in [6.07, 6.45) is 11.5. The molecule has 6 rings (SSSR count). The Morgan fingerprint density at radius 2 is 2.00 bits per heavy atom. The van der Waals surface area contributed by atoms with Crippen molar-refractivity contribution in [3.8, 4) is 11.5 Å². The topological polar surface area (TPSA) is 83.1 Å². The Balaban J connectivity index is 1.16. The molecule has 3 aliphatic heterocycles. The van der Waals surface area contributed by atoms with Crippen LogP contribution in [0.3, 0.4) is 0 Å². The lowest BCUT2D eigenvalue weighted by Gasteiger charge is -2.55. The van der Waals surface area contributed by atoms with Crippen LogP contribution in [0.15, 0.2) is 24.3 Å². The van der Waals surface area contributed by atoms with Crippen molar-refractivity contribution < 1.29 is 19.1 Å². The molecule has 2 N–H and O–H groups in total. The Bertz CT molecular complexity index is 1020. The lowest BCUT2D eigenvalue weighted by Crippen LogP contribution is -2.62. The summed E-state index contributed by atoms with van der Waals surface area (Å²) in [4.78, 5) is 27.4. The number of hydrazine groups is 1. The normalized spacial score (nSPS) is 31.7. The van der Waals surface area contributed by atoms with Crippen molar-refractivity contribution in [1.82, 2.24) is 20.7 Å². The Morgan fingerprint density at radius 1 is 1.18 bits per heavy atom. The van der Waals surface area contributed by atoms with Gasteiger partial charge in [0.1, 0.15) is 12.6 Å². The van der Waals surface area contributed by atoms with E-state index in [1.807, 2.05) is 11.1 Å². The maximum absolute atomic E-state index is 12.6. The molecule has 2 saturated heterocycles. The molecule has 0 aromatic heterocycles. The van der Waals surface area contributed by atoms with Gasteiger partial charge in [-0.3, -0.25) is 10.2 Å². The van der Waals surface area contributed by atoms with Gasteiger partial charge in [0.25, 0.3) is 5.91 Å². The van der Waals surface area contributed by atoms with Crippen LogP contribution in [0.2, 0.25) is 0 Å². The van der Waals surface area contributed by atoms with Crippen LogP contribution in [0.1, 0.15) is 49.7 Å². The van der Waals surface area contributed by atoms with Crippen molar-refractivity contribution >= 4 is 12.0 Å². The molecule has 1 aromatic rings. The number of benzene rings is 1. The van der Waals surface area contributed by atoms with E-state index in [0.717, 1.165) is 57.5 Å². The molecule has 1 aromatic carbocycles. The lowest BCUT2D eigenvalue weighted by molar-refractivity contribution is -0.124. The molecular weight excluding hydrogens is 432 g/mol. The number of hydrogen-bond acceptors (Lipinski definition) is 6. The third-order valence-electron chi connectivity index (χ3n) is 8.57. The molecule has 0 radical (unpaired) electrons. The third kappa shape index (κ3) is 3.50. The van der Waals surface area contributed by atoms with Gasteiger partial charge in [0, 0.05) is 42.4 Å². The first-order chi connectivity index (χ1) is 16.6. The second-order valence-electron chi connectivity index (χ2n) is 10.4. The molecule has 0 saturated carbocycles. The number of nitrogens with zero attached hydrogens (tertiary/aromatic N) is 2. The van der Waals surface area contributed by atoms with E-state index in [-0.39, 0.29) is 24.0 Å². The van der Waals surface area contributed by atoms with Crippen molar-refractivity contribution in [3.05, 3.63) is 35.4 Å². The predicted octanol–water partition coefficient (Wildman–Crippen LogP) is 2.52. The van der Waals surface area contributed by atoms with Crippen LogP contribution in [-0.4, -0.2) is 67.3 Å². The summed E-state index contributed by atoms with van der Waals surface area (Å²) in [5, 5.41) is 4.55. The molecule has 182 valence electrons. The van der Waals surface area contributed by atoms with E-state index >= 15 is 0 Å². The molecule has 2 fully saturated rings. The smallest absolute Gasteiger partial charge is 0.413 e. The number of piperidine rings is 1. The van der Waals surface area contributed by atoms with Gasteiger partial charge in [0.2, 0.25) is 0 Å². The van der Waals surface area contributed by atoms with Gasteiger partial charge in [0.05, 0.1) is 0 Å². The highest BCUT2D eigenvalue weighted by Crippen LogP contribution is 2.62. The second-order valence-corrected chi connectivity index (χ2v) is 10.4. The molecule has 5 aliphatic rings. The molecule has 8 nitrogen and oxygen atoms in total. The van der Waals surface area contributed by atoms with Gasteiger partial charge >= 0.3 is 6.09 Å². The van der Waals surface area contributed by atoms with Gasteiger partial charge in [-0.25, -0.2) is 9.80 Å². The zero-order chi connectivity index (χ0) is 23.3. The lowest BCUT2D eigenvalue weighted by atomic mass is 9.54. The molecular formula is C26H34N4O4. The van der Waals surface area contributed by atoms with Crippen LogP contribution in [-0.2, 0) is 16.6 Å². The van der Waals surface area contributed by atoms with Gasteiger partial charge in [-0.1, -0.05) is 31.1 Å². The molecule has 1 spiro atoms. The van der Waals surface area contributed by atoms with E-state index in [4.69, 9.17) is 9.47 Å². The minimum Gasteiger partial charge on any atom is -0.485 e. The fourth-order valence-corrected chi connectivity index (χ4v) is 6.97. The summed E-state index contributed by atoms with van der Waals surface area (Å²) in [6, 6.07) is 4.43. The summed E-state index contributed by atoms with van der Waals surface area (Å²) in [5.41, 5.74) is 5.42. The van der Waals surface area contributed by atoms with Crippen LogP contribution in [0, 0.1) is 5.92 Å². The highest BCUT2D eigenvalue weighted by atomic mass is 16.6. The third-order valence-corrected chi connectivity index (χ3v) is 8.57. The van der Waals surface area contributed by atoms with Gasteiger partial charge in [-0.15, -0.1) is 0 Å². The minimum atomic E-state index is -0.634. The van der Waals surface area contributed by atoms with Gasteiger partial charge in [0.15, 0.2) is 11.5 Å². The van der Waals surface area contributed by atoms with Crippen LogP contribution >= 0.6 is 0 Å². The van der Waals surface area contributed by atoms with Crippen LogP contribution in [0.5, 0.6) is 11.5 Å².